The van der Waals surface area contributed by atoms with Crippen LogP contribution in [0.2, 0.25) is 5.02 Å². The summed E-state index contributed by atoms with van der Waals surface area (Å²) in [6, 6.07) is 12.9. The predicted octanol–water partition coefficient (Wildman–Crippen LogP) is 3.53. The van der Waals surface area contributed by atoms with Gasteiger partial charge in [-0.05, 0) is 36.8 Å². The van der Waals surface area contributed by atoms with Crippen molar-refractivity contribution in [2.24, 2.45) is 0 Å². The number of nitrogens with zero attached hydrogens (tertiary/aromatic N) is 1. The number of hydrogen-bond donors (Lipinski definition) is 1. The van der Waals surface area contributed by atoms with E-state index in [1.54, 1.807) is 18.2 Å². The molecule has 21 heavy (non-hydrogen) atoms. The Labute approximate surface area is 130 Å². The number of nitrogens with one attached hydrogen (secondary N) is 1. The molecule has 1 N–H and O–H groups in total. The zero-order valence-corrected chi connectivity index (χ0v) is 13.7. The number of anilines is 1. The zero-order chi connectivity index (χ0) is 15.6. The van der Waals surface area contributed by atoms with Crippen LogP contribution >= 0.6 is 11.6 Å². The lowest BCUT2D eigenvalue weighted by Gasteiger charge is -2.17. The Bertz CT molecular complexity index is 741. The Morgan fingerprint density at radius 2 is 1.67 bits per heavy atom. The first-order chi connectivity index (χ1) is 9.79. The quantitative estimate of drug-likeness (QED) is 0.935. The minimum absolute atomic E-state index is 0.539. The molecule has 0 radical (unpaired) electrons. The van der Waals surface area contributed by atoms with Gasteiger partial charge in [0.2, 0.25) is 0 Å². The van der Waals surface area contributed by atoms with Gasteiger partial charge in [0, 0.05) is 24.7 Å². The van der Waals surface area contributed by atoms with E-state index >= 15 is 0 Å². The molecule has 0 aliphatic heterocycles. The van der Waals surface area contributed by atoms with Crippen molar-refractivity contribution in [3.8, 4) is 11.1 Å². The molecule has 0 aromatic heterocycles. The SMILES string of the molecule is Cc1ccc(NS(=O)(=O)N(C)C)c(-c2ccc(Cl)cc2)c1. The van der Waals surface area contributed by atoms with Crippen LogP contribution in [0, 0.1) is 6.92 Å². The normalized spacial score (nSPS) is 11.7. The average molecular weight is 325 g/mol. The van der Waals surface area contributed by atoms with Crippen molar-refractivity contribution in [1.29, 1.82) is 0 Å². The Kier molecular flexibility index (Phi) is 4.56. The third-order valence-electron chi connectivity index (χ3n) is 3.05. The number of rotatable bonds is 4. The summed E-state index contributed by atoms with van der Waals surface area (Å²) < 4.78 is 27.8. The Hall–Kier alpha value is -1.56. The first kappa shape index (κ1) is 15.8. The van der Waals surface area contributed by atoms with E-state index in [9.17, 15) is 8.42 Å². The topological polar surface area (TPSA) is 49.4 Å². The lowest BCUT2D eigenvalue weighted by Crippen LogP contribution is -2.29. The van der Waals surface area contributed by atoms with Gasteiger partial charge in [0.25, 0.3) is 0 Å². The molecule has 2 aromatic rings. The van der Waals surface area contributed by atoms with Crippen LogP contribution in [0.15, 0.2) is 42.5 Å². The van der Waals surface area contributed by atoms with Crippen LogP contribution in [0.1, 0.15) is 5.56 Å². The Morgan fingerprint density at radius 3 is 2.24 bits per heavy atom. The highest BCUT2D eigenvalue weighted by atomic mass is 35.5. The summed E-state index contributed by atoms with van der Waals surface area (Å²) in [7, 11) is -0.576. The van der Waals surface area contributed by atoms with Crippen LogP contribution in [0.5, 0.6) is 0 Å². The summed E-state index contributed by atoms with van der Waals surface area (Å²) in [5.74, 6) is 0. The average Bonchev–Trinajstić information content (AvgIpc) is 2.41. The molecule has 6 heteroatoms. The molecule has 0 atom stereocenters. The molecule has 2 rings (SSSR count). The van der Waals surface area contributed by atoms with Gasteiger partial charge >= 0.3 is 10.2 Å². The van der Waals surface area contributed by atoms with E-state index in [-0.39, 0.29) is 0 Å². The standard InChI is InChI=1S/C15H17ClN2O2S/c1-11-4-9-15(17-21(19,20)18(2)3)14(10-11)12-5-7-13(16)8-6-12/h4-10,17H,1-3H3. The maximum absolute atomic E-state index is 12.0. The maximum atomic E-state index is 12.0. The van der Waals surface area contributed by atoms with Crippen LogP contribution in [0.4, 0.5) is 5.69 Å². The maximum Gasteiger partial charge on any atom is 0.301 e. The summed E-state index contributed by atoms with van der Waals surface area (Å²) in [6.45, 7) is 1.96. The van der Waals surface area contributed by atoms with Crippen molar-refractivity contribution >= 4 is 27.5 Å². The molecule has 0 bridgehead atoms. The van der Waals surface area contributed by atoms with E-state index in [0.29, 0.717) is 10.7 Å². The van der Waals surface area contributed by atoms with Gasteiger partial charge in [-0.1, -0.05) is 35.4 Å². The number of hydrogen-bond acceptors (Lipinski definition) is 2. The zero-order valence-electron chi connectivity index (χ0n) is 12.1. The first-order valence-electron chi connectivity index (χ1n) is 6.36. The third kappa shape index (κ3) is 3.75. The molecule has 0 heterocycles. The van der Waals surface area contributed by atoms with Gasteiger partial charge in [0.1, 0.15) is 0 Å². The van der Waals surface area contributed by atoms with E-state index in [2.05, 4.69) is 4.72 Å². The number of halogens is 1. The van der Waals surface area contributed by atoms with Crippen molar-refractivity contribution in [2.45, 2.75) is 6.92 Å². The second kappa shape index (κ2) is 6.05. The fraction of sp³-hybridized carbons (Fsp3) is 0.200. The van der Waals surface area contributed by atoms with E-state index in [1.807, 2.05) is 31.2 Å². The van der Waals surface area contributed by atoms with Gasteiger partial charge in [-0.2, -0.15) is 12.7 Å². The van der Waals surface area contributed by atoms with E-state index in [1.165, 1.54) is 14.1 Å². The van der Waals surface area contributed by atoms with Gasteiger partial charge in [-0.25, -0.2) is 0 Å². The van der Waals surface area contributed by atoms with Gasteiger partial charge in [-0.3, -0.25) is 4.72 Å². The monoisotopic (exact) mass is 324 g/mol. The van der Waals surface area contributed by atoms with Crippen molar-refractivity contribution < 1.29 is 8.42 Å². The lowest BCUT2D eigenvalue weighted by molar-refractivity contribution is 0.527. The molecular weight excluding hydrogens is 308 g/mol. The van der Waals surface area contributed by atoms with Crippen molar-refractivity contribution in [1.82, 2.24) is 4.31 Å². The third-order valence-corrected chi connectivity index (χ3v) is 4.74. The number of benzene rings is 2. The molecule has 0 fully saturated rings. The summed E-state index contributed by atoms with van der Waals surface area (Å²) >= 11 is 5.90. The molecule has 0 saturated heterocycles. The molecule has 0 saturated carbocycles. The minimum atomic E-state index is -3.55. The fourth-order valence-corrected chi connectivity index (χ4v) is 2.61. The first-order valence-corrected chi connectivity index (χ1v) is 8.18. The van der Waals surface area contributed by atoms with Gasteiger partial charge in [0.05, 0.1) is 5.69 Å². The van der Waals surface area contributed by atoms with Crippen LogP contribution in [0.3, 0.4) is 0 Å². The van der Waals surface area contributed by atoms with E-state index in [0.717, 1.165) is 21.0 Å². The molecule has 0 aliphatic rings. The Balaban J connectivity index is 2.50. The van der Waals surface area contributed by atoms with Gasteiger partial charge < -0.3 is 0 Å². The lowest BCUT2D eigenvalue weighted by atomic mass is 10.0. The van der Waals surface area contributed by atoms with E-state index < -0.39 is 10.2 Å². The summed E-state index contributed by atoms with van der Waals surface area (Å²) in [5, 5.41) is 0.641. The Morgan fingerprint density at radius 1 is 1.05 bits per heavy atom. The second-order valence-corrected chi connectivity index (χ2v) is 7.27. The molecule has 0 unspecified atom stereocenters. The molecule has 0 spiro atoms. The van der Waals surface area contributed by atoms with Crippen LogP contribution < -0.4 is 4.72 Å². The fourth-order valence-electron chi connectivity index (χ4n) is 1.85. The highest BCUT2D eigenvalue weighted by Crippen LogP contribution is 2.30. The molecule has 0 amide bonds. The largest absolute Gasteiger partial charge is 0.301 e. The molecule has 112 valence electrons. The molecule has 4 nitrogen and oxygen atoms in total. The van der Waals surface area contributed by atoms with Crippen LogP contribution in [-0.2, 0) is 10.2 Å². The predicted molar refractivity (Wildman–Crippen MR) is 87.9 cm³/mol. The van der Waals surface area contributed by atoms with Crippen LogP contribution in [0.25, 0.3) is 11.1 Å². The van der Waals surface area contributed by atoms with Crippen LogP contribution in [-0.4, -0.2) is 26.8 Å². The van der Waals surface area contributed by atoms with Crippen molar-refractivity contribution in [2.75, 3.05) is 18.8 Å². The van der Waals surface area contributed by atoms with Crippen molar-refractivity contribution in [3.05, 3.63) is 53.1 Å². The highest BCUT2D eigenvalue weighted by Gasteiger charge is 2.16. The summed E-state index contributed by atoms with van der Waals surface area (Å²) in [5.41, 5.74) is 3.31. The molecule has 0 aliphatic carbocycles. The van der Waals surface area contributed by atoms with Gasteiger partial charge in [-0.15, -0.1) is 0 Å². The smallest absolute Gasteiger partial charge is 0.270 e. The van der Waals surface area contributed by atoms with Gasteiger partial charge in [0.15, 0.2) is 0 Å². The van der Waals surface area contributed by atoms with Crippen molar-refractivity contribution in [3.63, 3.8) is 0 Å². The van der Waals surface area contributed by atoms with E-state index in [4.69, 9.17) is 11.6 Å². The second-order valence-electron chi connectivity index (χ2n) is 4.95. The summed E-state index contributed by atoms with van der Waals surface area (Å²) in [6.07, 6.45) is 0. The minimum Gasteiger partial charge on any atom is -0.270 e. The number of aryl methyl sites for hydroxylation is 1. The molecular formula is C15H17ClN2O2S. The molecule has 2 aromatic carbocycles. The summed E-state index contributed by atoms with van der Waals surface area (Å²) in [4.78, 5) is 0. The highest BCUT2D eigenvalue weighted by molar-refractivity contribution is 7.90.